The van der Waals surface area contributed by atoms with Gasteiger partial charge in [0.15, 0.2) is 0 Å². The number of aliphatic hydroxyl groups excluding tert-OH is 1. The quantitative estimate of drug-likeness (QED) is 0.784. The molecular formula is C20H28N2O2. The number of aromatic nitrogens is 2. The Morgan fingerprint density at radius 2 is 2.12 bits per heavy atom. The summed E-state index contributed by atoms with van der Waals surface area (Å²) in [6.45, 7) is 5.92. The monoisotopic (exact) mass is 328 g/mol. The molecular weight excluding hydrogens is 300 g/mol. The van der Waals surface area contributed by atoms with Crippen LogP contribution in [0.1, 0.15) is 44.9 Å². The van der Waals surface area contributed by atoms with Crippen LogP contribution in [0.3, 0.4) is 0 Å². The average Bonchev–Trinajstić information content (AvgIpc) is 2.95. The minimum Gasteiger partial charge on any atom is -0.389 e. The first kappa shape index (κ1) is 17.2. The van der Waals surface area contributed by atoms with Gasteiger partial charge in [0.25, 0.3) is 0 Å². The number of allylic oxidation sites excluding steroid dienone is 2. The fraction of sp³-hybridized carbons (Fsp3) is 0.550. The Bertz CT molecular complexity index is 690. The smallest absolute Gasteiger partial charge is 0.112 e. The largest absolute Gasteiger partial charge is 0.389 e. The maximum absolute atomic E-state index is 10.4. The molecule has 4 heteroatoms. The maximum atomic E-state index is 10.4. The zero-order chi connectivity index (χ0) is 16.9. The summed E-state index contributed by atoms with van der Waals surface area (Å²) in [6, 6.07) is 8.11. The van der Waals surface area contributed by atoms with Crippen LogP contribution < -0.4 is 0 Å². The molecule has 1 N–H and O–H groups in total. The highest BCUT2D eigenvalue weighted by Crippen LogP contribution is 2.22. The molecule has 0 aliphatic heterocycles. The molecule has 1 aliphatic rings. The van der Waals surface area contributed by atoms with Gasteiger partial charge in [0.2, 0.25) is 0 Å². The van der Waals surface area contributed by atoms with Crippen molar-refractivity contribution in [2.75, 3.05) is 13.2 Å². The highest BCUT2D eigenvalue weighted by molar-refractivity contribution is 5.76. The molecule has 0 bridgehead atoms. The van der Waals surface area contributed by atoms with Crippen LogP contribution in [-0.2, 0) is 11.3 Å². The number of para-hydroxylation sites is 2. The number of rotatable bonds is 7. The zero-order valence-corrected chi connectivity index (χ0v) is 14.7. The highest BCUT2D eigenvalue weighted by Gasteiger charge is 2.17. The lowest BCUT2D eigenvalue weighted by molar-refractivity contribution is 0.0127. The molecule has 130 valence electrons. The number of ether oxygens (including phenoxy) is 1. The summed E-state index contributed by atoms with van der Waals surface area (Å²) in [4.78, 5) is 4.72. The third-order valence-electron chi connectivity index (χ3n) is 4.64. The number of hydrogen-bond donors (Lipinski definition) is 1. The molecule has 0 unspecified atom stereocenters. The van der Waals surface area contributed by atoms with E-state index in [9.17, 15) is 5.11 Å². The van der Waals surface area contributed by atoms with Crippen molar-refractivity contribution in [1.82, 2.24) is 9.55 Å². The number of hydrogen-bond acceptors (Lipinski definition) is 3. The predicted octanol–water partition coefficient (Wildman–Crippen LogP) is 3.89. The average molecular weight is 328 g/mol. The van der Waals surface area contributed by atoms with Crippen molar-refractivity contribution in [2.45, 2.75) is 51.7 Å². The molecule has 2 atom stereocenters. The molecule has 0 saturated heterocycles. The van der Waals surface area contributed by atoms with E-state index in [1.54, 1.807) is 0 Å². The summed E-state index contributed by atoms with van der Waals surface area (Å²) in [5.74, 6) is 1.94. The predicted molar refractivity (Wildman–Crippen MR) is 97.1 cm³/mol. The Morgan fingerprint density at radius 1 is 1.29 bits per heavy atom. The van der Waals surface area contributed by atoms with Gasteiger partial charge in [-0.15, -0.1) is 0 Å². The van der Waals surface area contributed by atoms with E-state index >= 15 is 0 Å². The number of aliphatic hydroxyl groups is 1. The molecule has 1 aromatic carbocycles. The van der Waals surface area contributed by atoms with Gasteiger partial charge in [-0.25, -0.2) is 4.98 Å². The third-order valence-corrected chi connectivity index (χ3v) is 4.64. The molecule has 1 aliphatic carbocycles. The topological polar surface area (TPSA) is 47.3 Å². The second-order valence-corrected chi connectivity index (χ2v) is 7.07. The molecule has 1 aromatic heterocycles. The van der Waals surface area contributed by atoms with Gasteiger partial charge >= 0.3 is 0 Å². The summed E-state index contributed by atoms with van der Waals surface area (Å²) < 4.78 is 7.91. The lowest BCUT2D eigenvalue weighted by atomic mass is 9.95. The molecule has 1 heterocycles. The molecule has 0 spiro atoms. The number of benzene rings is 1. The SMILES string of the molecule is CC(C)c1nc2ccccc2n1C[C@@H](O)COC[C@@H]1CC=CCC1. The minimum atomic E-state index is -0.515. The van der Waals surface area contributed by atoms with E-state index in [1.165, 1.54) is 6.42 Å². The summed E-state index contributed by atoms with van der Waals surface area (Å²) in [6.07, 6.45) is 7.40. The van der Waals surface area contributed by atoms with Crippen molar-refractivity contribution in [1.29, 1.82) is 0 Å². The van der Waals surface area contributed by atoms with Gasteiger partial charge in [-0.2, -0.15) is 0 Å². The maximum Gasteiger partial charge on any atom is 0.112 e. The van der Waals surface area contributed by atoms with Crippen molar-refractivity contribution in [3.8, 4) is 0 Å². The Labute approximate surface area is 144 Å². The van der Waals surface area contributed by atoms with Crippen LogP contribution in [0.15, 0.2) is 36.4 Å². The second kappa shape index (κ2) is 7.95. The van der Waals surface area contributed by atoms with E-state index in [1.807, 2.05) is 18.2 Å². The van der Waals surface area contributed by atoms with Crippen LogP contribution in [0, 0.1) is 5.92 Å². The zero-order valence-electron chi connectivity index (χ0n) is 14.7. The lowest BCUT2D eigenvalue weighted by Crippen LogP contribution is -2.25. The molecule has 0 saturated carbocycles. The van der Waals surface area contributed by atoms with Crippen LogP contribution in [-0.4, -0.2) is 34.0 Å². The van der Waals surface area contributed by atoms with Crippen molar-refractivity contribution in [2.24, 2.45) is 5.92 Å². The Balaban J connectivity index is 1.61. The summed E-state index contributed by atoms with van der Waals surface area (Å²) in [7, 11) is 0. The van der Waals surface area contributed by atoms with Crippen LogP contribution in [0.2, 0.25) is 0 Å². The molecule has 3 rings (SSSR count). The lowest BCUT2D eigenvalue weighted by Gasteiger charge is -2.20. The fourth-order valence-electron chi connectivity index (χ4n) is 3.37. The van der Waals surface area contributed by atoms with Gasteiger partial charge in [-0.1, -0.05) is 38.1 Å². The van der Waals surface area contributed by atoms with E-state index in [2.05, 4.69) is 36.6 Å². The second-order valence-electron chi connectivity index (χ2n) is 7.07. The Kier molecular flexibility index (Phi) is 5.69. The van der Waals surface area contributed by atoms with Gasteiger partial charge in [-0.3, -0.25) is 0 Å². The third kappa shape index (κ3) is 4.05. The fourth-order valence-corrected chi connectivity index (χ4v) is 3.37. The molecule has 4 nitrogen and oxygen atoms in total. The molecule has 0 amide bonds. The van der Waals surface area contributed by atoms with E-state index in [-0.39, 0.29) is 0 Å². The highest BCUT2D eigenvalue weighted by atomic mass is 16.5. The van der Waals surface area contributed by atoms with Gasteiger partial charge < -0.3 is 14.4 Å². The number of nitrogens with zero attached hydrogens (tertiary/aromatic N) is 2. The van der Waals surface area contributed by atoms with E-state index < -0.39 is 6.10 Å². The Hall–Kier alpha value is -1.65. The number of imidazole rings is 1. The first-order chi connectivity index (χ1) is 11.6. The van der Waals surface area contributed by atoms with E-state index in [0.717, 1.165) is 36.3 Å². The molecule has 0 fully saturated rings. The van der Waals surface area contributed by atoms with Crippen LogP contribution >= 0.6 is 0 Å². The first-order valence-electron chi connectivity index (χ1n) is 9.01. The van der Waals surface area contributed by atoms with E-state index in [4.69, 9.17) is 9.72 Å². The van der Waals surface area contributed by atoms with Gasteiger partial charge in [-0.05, 0) is 37.3 Å². The van der Waals surface area contributed by atoms with Crippen molar-refractivity contribution in [3.05, 3.63) is 42.2 Å². The Morgan fingerprint density at radius 3 is 2.88 bits per heavy atom. The first-order valence-corrected chi connectivity index (χ1v) is 9.01. The molecule has 2 aromatic rings. The number of fused-ring (bicyclic) bond motifs is 1. The standard InChI is InChI=1S/C20H28N2O2/c1-15(2)20-21-18-10-6-7-11-19(18)22(20)12-17(23)14-24-13-16-8-4-3-5-9-16/h3-4,6-7,10-11,15-17,23H,5,8-9,12-14H2,1-2H3/t16-,17-/m1/s1. The van der Waals surface area contributed by atoms with Crippen LogP contribution in [0.5, 0.6) is 0 Å². The summed E-state index contributed by atoms with van der Waals surface area (Å²) in [5, 5.41) is 10.4. The molecule has 0 radical (unpaired) electrons. The van der Waals surface area contributed by atoms with E-state index in [0.29, 0.717) is 25.0 Å². The van der Waals surface area contributed by atoms with Crippen molar-refractivity contribution >= 4 is 11.0 Å². The summed E-state index contributed by atoms with van der Waals surface area (Å²) in [5.41, 5.74) is 2.07. The molecule has 24 heavy (non-hydrogen) atoms. The van der Waals surface area contributed by atoms with Crippen molar-refractivity contribution < 1.29 is 9.84 Å². The van der Waals surface area contributed by atoms with Gasteiger partial charge in [0.05, 0.1) is 30.3 Å². The van der Waals surface area contributed by atoms with Gasteiger partial charge in [0.1, 0.15) is 5.82 Å². The van der Waals surface area contributed by atoms with Gasteiger partial charge in [0, 0.05) is 12.5 Å². The van der Waals surface area contributed by atoms with Crippen molar-refractivity contribution in [3.63, 3.8) is 0 Å². The minimum absolute atomic E-state index is 0.319. The normalized spacial score (nSPS) is 19.2. The van der Waals surface area contributed by atoms with Crippen LogP contribution in [0.4, 0.5) is 0 Å². The van der Waals surface area contributed by atoms with Crippen LogP contribution in [0.25, 0.3) is 11.0 Å². The summed E-state index contributed by atoms with van der Waals surface area (Å²) >= 11 is 0.